The molecule has 1 atom stereocenters. The third-order valence-electron chi connectivity index (χ3n) is 7.28. The Kier molecular flexibility index (Phi) is 4.90. The van der Waals surface area contributed by atoms with Crippen molar-refractivity contribution in [3.8, 4) is 0 Å². The first-order valence-corrected chi connectivity index (χ1v) is 12.0. The summed E-state index contributed by atoms with van der Waals surface area (Å²) in [7, 11) is 2.17. The zero-order valence-corrected chi connectivity index (χ0v) is 19.0. The van der Waals surface area contributed by atoms with Gasteiger partial charge < -0.3 is 9.47 Å². The normalized spacial score (nSPS) is 19.4. The van der Waals surface area contributed by atoms with Gasteiger partial charge in [0, 0.05) is 35.2 Å². The molecule has 1 aliphatic carbocycles. The second kappa shape index (κ2) is 7.93. The summed E-state index contributed by atoms with van der Waals surface area (Å²) in [4.78, 5) is 2.45. The molecule has 1 saturated carbocycles. The number of fused-ring (bicyclic) bond motifs is 3. The van der Waals surface area contributed by atoms with E-state index < -0.39 is 0 Å². The van der Waals surface area contributed by atoms with Crippen LogP contribution < -0.4 is 4.90 Å². The zero-order chi connectivity index (χ0) is 21.7. The van der Waals surface area contributed by atoms with E-state index in [9.17, 15) is 0 Å². The molecule has 1 unspecified atom stereocenters. The number of rotatable bonds is 3. The monoisotopic (exact) mass is 446 g/mol. The summed E-state index contributed by atoms with van der Waals surface area (Å²) in [5.74, 6) is 0.943. The van der Waals surface area contributed by atoms with Crippen LogP contribution in [0.4, 0.5) is 5.69 Å². The largest absolute Gasteiger partial charge is 0.356 e. The fraction of sp³-hybridized carbons (Fsp3) is 0.400. The van der Waals surface area contributed by atoms with Crippen LogP contribution in [0.1, 0.15) is 61.3 Å². The quantitative estimate of drug-likeness (QED) is 0.418. The highest BCUT2D eigenvalue weighted by Gasteiger charge is 2.38. The maximum absolute atomic E-state index is 6.21. The molecule has 32 heavy (non-hydrogen) atoms. The van der Waals surface area contributed by atoms with Crippen LogP contribution in [-0.2, 0) is 13.5 Å². The molecular formula is C25H27ClN6. The Morgan fingerprint density at radius 1 is 0.969 bits per heavy atom. The fourth-order valence-electron chi connectivity index (χ4n) is 5.75. The summed E-state index contributed by atoms with van der Waals surface area (Å²) in [6.45, 7) is 0.908. The number of nitrogens with zero attached hydrogens (tertiary/aromatic N) is 6. The fourth-order valence-corrected chi connectivity index (χ4v) is 5.88. The molecular weight excluding hydrogens is 420 g/mol. The van der Waals surface area contributed by atoms with Crippen molar-refractivity contribution < 1.29 is 0 Å². The van der Waals surface area contributed by atoms with Gasteiger partial charge >= 0.3 is 0 Å². The number of para-hydroxylation sites is 1. The first kappa shape index (κ1) is 19.8. The second-order valence-corrected chi connectivity index (χ2v) is 9.47. The van der Waals surface area contributed by atoms with Gasteiger partial charge in [-0.1, -0.05) is 49.1 Å². The van der Waals surface area contributed by atoms with Gasteiger partial charge in [-0.3, -0.25) is 0 Å². The lowest BCUT2D eigenvalue weighted by atomic mass is 9.93. The van der Waals surface area contributed by atoms with E-state index in [1.165, 1.54) is 41.4 Å². The Morgan fingerprint density at radius 2 is 1.75 bits per heavy atom. The van der Waals surface area contributed by atoms with E-state index in [1.54, 1.807) is 0 Å². The lowest BCUT2D eigenvalue weighted by Crippen LogP contribution is -2.39. The molecule has 0 bridgehead atoms. The van der Waals surface area contributed by atoms with E-state index in [0.717, 1.165) is 42.3 Å². The Labute approximate surface area is 192 Å². The highest BCUT2D eigenvalue weighted by molar-refractivity contribution is 6.30. The molecule has 0 spiro atoms. The number of anilines is 1. The van der Waals surface area contributed by atoms with E-state index in [2.05, 4.69) is 73.1 Å². The Bertz CT molecular complexity index is 1250. The lowest BCUT2D eigenvalue weighted by molar-refractivity contribution is 0.312. The molecule has 0 radical (unpaired) electrons. The van der Waals surface area contributed by atoms with Crippen LogP contribution in [0.15, 0.2) is 48.5 Å². The highest BCUT2D eigenvalue weighted by atomic mass is 35.5. The maximum Gasteiger partial charge on any atom is 0.180 e. The van der Waals surface area contributed by atoms with Gasteiger partial charge in [0.25, 0.3) is 0 Å². The van der Waals surface area contributed by atoms with Crippen LogP contribution in [0, 0.1) is 0 Å². The molecule has 7 heteroatoms. The minimum Gasteiger partial charge on any atom is -0.356 e. The van der Waals surface area contributed by atoms with Gasteiger partial charge in [0.05, 0.1) is 11.7 Å². The Hall–Kier alpha value is -2.86. The summed E-state index contributed by atoms with van der Waals surface area (Å²) < 4.78 is 4.47. The van der Waals surface area contributed by atoms with E-state index in [1.807, 2.05) is 12.1 Å². The number of tetrazole rings is 1. The van der Waals surface area contributed by atoms with Crippen LogP contribution >= 0.6 is 11.6 Å². The van der Waals surface area contributed by atoms with Crippen LogP contribution in [0.3, 0.4) is 0 Å². The predicted octanol–water partition coefficient (Wildman–Crippen LogP) is 5.48. The molecule has 2 aromatic heterocycles. The van der Waals surface area contributed by atoms with Crippen molar-refractivity contribution in [3.05, 3.63) is 70.6 Å². The second-order valence-electron chi connectivity index (χ2n) is 9.04. The summed E-state index contributed by atoms with van der Waals surface area (Å²) in [5, 5.41) is 15.4. The average Bonchev–Trinajstić information content (AvgIpc) is 3.44. The zero-order valence-electron chi connectivity index (χ0n) is 18.3. The number of aromatic nitrogens is 5. The molecule has 1 aliphatic heterocycles. The number of aryl methyl sites for hydroxylation is 1. The lowest BCUT2D eigenvalue weighted by Gasteiger charge is -2.38. The third kappa shape index (κ3) is 3.12. The minimum atomic E-state index is -0.0470. The van der Waals surface area contributed by atoms with E-state index >= 15 is 0 Å². The molecule has 164 valence electrons. The van der Waals surface area contributed by atoms with Gasteiger partial charge in [-0.2, -0.15) is 0 Å². The molecule has 0 saturated heterocycles. The van der Waals surface area contributed by atoms with Crippen molar-refractivity contribution in [1.29, 1.82) is 0 Å². The highest BCUT2D eigenvalue weighted by Crippen LogP contribution is 2.42. The summed E-state index contributed by atoms with van der Waals surface area (Å²) >= 11 is 6.21. The van der Waals surface area contributed by atoms with Crippen molar-refractivity contribution in [2.75, 3.05) is 11.4 Å². The maximum atomic E-state index is 6.21. The Morgan fingerprint density at radius 3 is 2.56 bits per heavy atom. The standard InChI is InChI=1S/C25H27ClN6/c1-30-22-10-6-5-9-20(22)21-15-16-31(18-13-11-17(26)12-14-18)24(23(21)30)25-27-28-29-32(25)19-7-3-2-4-8-19/h5-6,9-14,19,24H,2-4,7-8,15-16H2,1H3. The molecule has 0 amide bonds. The van der Waals surface area contributed by atoms with Crippen molar-refractivity contribution in [3.63, 3.8) is 0 Å². The van der Waals surface area contributed by atoms with Crippen molar-refractivity contribution in [2.24, 2.45) is 7.05 Å². The first-order chi connectivity index (χ1) is 15.7. The number of halogens is 1. The van der Waals surface area contributed by atoms with Gasteiger partial charge in [-0.25, -0.2) is 4.68 Å². The minimum absolute atomic E-state index is 0.0470. The van der Waals surface area contributed by atoms with Gasteiger partial charge in [0.15, 0.2) is 5.82 Å². The molecule has 4 aromatic rings. The van der Waals surface area contributed by atoms with Crippen LogP contribution in [0.25, 0.3) is 10.9 Å². The molecule has 6 rings (SSSR count). The molecule has 2 aliphatic rings. The molecule has 2 aromatic carbocycles. The number of hydrogen-bond acceptors (Lipinski definition) is 4. The van der Waals surface area contributed by atoms with Gasteiger partial charge in [0.2, 0.25) is 0 Å². The van der Waals surface area contributed by atoms with Gasteiger partial charge in [0.1, 0.15) is 6.04 Å². The van der Waals surface area contributed by atoms with Crippen molar-refractivity contribution in [2.45, 2.75) is 50.6 Å². The molecule has 6 nitrogen and oxygen atoms in total. The first-order valence-electron chi connectivity index (χ1n) is 11.6. The topological polar surface area (TPSA) is 51.8 Å². The smallest absolute Gasteiger partial charge is 0.180 e. The molecule has 0 N–H and O–H groups in total. The van der Waals surface area contributed by atoms with E-state index in [4.69, 9.17) is 11.6 Å². The number of hydrogen-bond donors (Lipinski definition) is 0. The van der Waals surface area contributed by atoms with Crippen molar-refractivity contribution in [1.82, 2.24) is 24.8 Å². The summed E-state index contributed by atoms with van der Waals surface area (Å²) in [6.07, 6.45) is 7.08. The van der Waals surface area contributed by atoms with Gasteiger partial charge in [-0.15, -0.1) is 5.10 Å². The molecule has 1 fully saturated rings. The van der Waals surface area contributed by atoms with E-state index in [0.29, 0.717) is 6.04 Å². The average molecular weight is 447 g/mol. The van der Waals surface area contributed by atoms with Gasteiger partial charge in [-0.05, 0) is 65.6 Å². The summed E-state index contributed by atoms with van der Waals surface area (Å²) in [5.41, 5.74) is 5.11. The number of benzene rings is 2. The van der Waals surface area contributed by atoms with Crippen LogP contribution in [-0.4, -0.2) is 31.3 Å². The third-order valence-corrected chi connectivity index (χ3v) is 7.53. The SMILES string of the molecule is Cn1c2c(c3ccccc31)CCN(c1ccc(Cl)cc1)C2c1nnnn1C1CCCCC1. The van der Waals surface area contributed by atoms with E-state index in [-0.39, 0.29) is 6.04 Å². The predicted molar refractivity (Wildman–Crippen MR) is 127 cm³/mol. The van der Waals surface area contributed by atoms with Crippen molar-refractivity contribution >= 4 is 28.2 Å². The molecule has 3 heterocycles. The van der Waals surface area contributed by atoms with Crippen LogP contribution in [0.2, 0.25) is 5.02 Å². The Balaban J connectivity index is 1.55. The van der Waals surface area contributed by atoms with Crippen LogP contribution in [0.5, 0.6) is 0 Å². The summed E-state index contributed by atoms with van der Waals surface area (Å²) in [6, 6.07) is 17.2.